The number of benzene rings is 1. The van der Waals surface area contributed by atoms with Crippen LogP contribution in [0.25, 0.3) is 0 Å². The molecule has 3 heteroatoms. The van der Waals surface area contributed by atoms with E-state index in [0.29, 0.717) is 5.90 Å². The van der Waals surface area contributed by atoms with Gasteiger partial charge in [0.05, 0.1) is 0 Å². The van der Waals surface area contributed by atoms with Crippen molar-refractivity contribution in [3.63, 3.8) is 0 Å². The Morgan fingerprint density at radius 1 is 1.30 bits per heavy atom. The van der Waals surface area contributed by atoms with Crippen LogP contribution in [0.4, 0.5) is 0 Å². The third-order valence-corrected chi connectivity index (χ3v) is 4.99. The highest BCUT2D eigenvalue weighted by molar-refractivity contribution is 6.09. The molecule has 3 nitrogen and oxygen atoms in total. The fourth-order valence-corrected chi connectivity index (χ4v) is 3.92. The van der Waals surface area contributed by atoms with Crippen LogP contribution in [0.15, 0.2) is 47.0 Å². The SMILES string of the molecule is CC1C2=CCCC[C@@H]2[C@]12N=C(c1ccccc1)OC2=O. The predicted molar refractivity (Wildman–Crippen MR) is 76.4 cm³/mol. The van der Waals surface area contributed by atoms with Gasteiger partial charge in [-0.3, -0.25) is 0 Å². The molecule has 1 saturated carbocycles. The molecular weight excluding hydrogens is 250 g/mol. The van der Waals surface area contributed by atoms with E-state index in [9.17, 15) is 4.79 Å². The molecular formula is C17H17NO2. The average Bonchev–Trinajstić information content (AvgIpc) is 2.88. The van der Waals surface area contributed by atoms with Crippen LogP contribution in [0, 0.1) is 11.8 Å². The van der Waals surface area contributed by atoms with Gasteiger partial charge in [-0.15, -0.1) is 0 Å². The molecule has 3 aliphatic rings. The van der Waals surface area contributed by atoms with Gasteiger partial charge in [0.1, 0.15) is 0 Å². The number of ether oxygens (including phenoxy) is 1. The Bertz CT molecular complexity index is 632. The number of carbonyl (C=O) groups excluding carboxylic acids is 1. The normalized spacial score (nSPS) is 35.0. The second-order valence-electron chi connectivity index (χ2n) is 5.91. The molecule has 2 aliphatic carbocycles. The van der Waals surface area contributed by atoms with Crippen molar-refractivity contribution in [2.45, 2.75) is 31.7 Å². The largest absolute Gasteiger partial charge is 0.405 e. The van der Waals surface area contributed by atoms with Crippen molar-refractivity contribution in [2.75, 3.05) is 0 Å². The molecule has 102 valence electrons. The zero-order valence-corrected chi connectivity index (χ0v) is 11.5. The molecule has 1 aromatic rings. The molecule has 0 radical (unpaired) electrons. The molecule has 1 spiro atoms. The molecule has 1 heterocycles. The summed E-state index contributed by atoms with van der Waals surface area (Å²) >= 11 is 0. The highest BCUT2D eigenvalue weighted by Crippen LogP contribution is 2.57. The molecule has 1 aromatic carbocycles. The van der Waals surface area contributed by atoms with Crippen LogP contribution in [0.3, 0.4) is 0 Å². The van der Waals surface area contributed by atoms with E-state index < -0.39 is 5.54 Å². The van der Waals surface area contributed by atoms with Crippen LogP contribution in [0.2, 0.25) is 0 Å². The lowest BCUT2D eigenvalue weighted by Gasteiger charge is -2.51. The monoisotopic (exact) mass is 267 g/mol. The van der Waals surface area contributed by atoms with Crippen molar-refractivity contribution in [3.8, 4) is 0 Å². The average molecular weight is 267 g/mol. The lowest BCUT2D eigenvalue weighted by molar-refractivity contribution is -0.145. The Balaban J connectivity index is 1.76. The quantitative estimate of drug-likeness (QED) is 0.579. The summed E-state index contributed by atoms with van der Waals surface area (Å²) in [6.45, 7) is 2.10. The van der Waals surface area contributed by atoms with E-state index in [-0.39, 0.29) is 17.8 Å². The zero-order chi connectivity index (χ0) is 13.7. The zero-order valence-electron chi connectivity index (χ0n) is 11.5. The van der Waals surface area contributed by atoms with Crippen molar-refractivity contribution >= 4 is 11.9 Å². The van der Waals surface area contributed by atoms with Crippen molar-refractivity contribution in [2.24, 2.45) is 16.8 Å². The Labute approximate surface area is 118 Å². The Morgan fingerprint density at radius 3 is 2.90 bits per heavy atom. The fourth-order valence-electron chi connectivity index (χ4n) is 3.92. The van der Waals surface area contributed by atoms with Gasteiger partial charge in [-0.25, -0.2) is 9.79 Å². The molecule has 20 heavy (non-hydrogen) atoms. The summed E-state index contributed by atoms with van der Waals surface area (Å²) in [6, 6.07) is 9.70. The van der Waals surface area contributed by atoms with Crippen LogP contribution >= 0.6 is 0 Å². The number of fused-ring (bicyclic) bond motifs is 2. The highest BCUT2D eigenvalue weighted by atomic mass is 16.6. The van der Waals surface area contributed by atoms with Gasteiger partial charge in [0.2, 0.25) is 5.90 Å². The van der Waals surface area contributed by atoms with Gasteiger partial charge in [-0.1, -0.05) is 36.8 Å². The molecule has 0 amide bonds. The minimum Gasteiger partial charge on any atom is -0.405 e. The maximum atomic E-state index is 12.5. The molecule has 1 unspecified atom stereocenters. The van der Waals surface area contributed by atoms with E-state index in [1.165, 1.54) is 5.57 Å². The number of hydrogen-bond acceptors (Lipinski definition) is 3. The van der Waals surface area contributed by atoms with Gasteiger partial charge < -0.3 is 4.74 Å². The number of rotatable bonds is 1. The first-order chi connectivity index (χ1) is 9.73. The van der Waals surface area contributed by atoms with Crippen LogP contribution in [0.5, 0.6) is 0 Å². The first-order valence-corrected chi connectivity index (χ1v) is 7.31. The summed E-state index contributed by atoms with van der Waals surface area (Å²) in [5, 5.41) is 0. The minimum atomic E-state index is -0.641. The Morgan fingerprint density at radius 2 is 2.10 bits per heavy atom. The van der Waals surface area contributed by atoms with Crippen LogP contribution in [-0.2, 0) is 9.53 Å². The summed E-state index contributed by atoms with van der Waals surface area (Å²) in [5.41, 5.74) is 1.65. The Kier molecular flexibility index (Phi) is 2.40. The van der Waals surface area contributed by atoms with E-state index in [0.717, 1.165) is 24.8 Å². The number of aliphatic imine (C=N–C) groups is 1. The minimum absolute atomic E-state index is 0.159. The van der Waals surface area contributed by atoms with Crippen molar-refractivity contribution in [3.05, 3.63) is 47.5 Å². The van der Waals surface area contributed by atoms with Gasteiger partial charge in [-0.05, 0) is 31.4 Å². The van der Waals surface area contributed by atoms with E-state index in [2.05, 4.69) is 13.0 Å². The van der Waals surface area contributed by atoms with Crippen LogP contribution in [-0.4, -0.2) is 17.4 Å². The molecule has 0 saturated heterocycles. The van der Waals surface area contributed by atoms with E-state index >= 15 is 0 Å². The van der Waals surface area contributed by atoms with Crippen molar-refractivity contribution < 1.29 is 9.53 Å². The number of cyclic esters (lactones) is 1. The van der Waals surface area contributed by atoms with Gasteiger partial charge in [0.25, 0.3) is 0 Å². The fraction of sp³-hybridized carbons (Fsp3) is 0.412. The molecule has 0 bridgehead atoms. The van der Waals surface area contributed by atoms with Crippen LogP contribution < -0.4 is 0 Å². The van der Waals surface area contributed by atoms with Crippen LogP contribution in [0.1, 0.15) is 31.7 Å². The molecule has 4 rings (SSSR count). The molecule has 0 aromatic heterocycles. The Hall–Kier alpha value is -1.90. The third kappa shape index (κ3) is 1.35. The predicted octanol–water partition coefficient (Wildman–Crippen LogP) is 3.11. The number of nitrogens with zero attached hydrogens (tertiary/aromatic N) is 1. The van der Waals surface area contributed by atoms with Gasteiger partial charge in [0.15, 0.2) is 5.54 Å². The summed E-state index contributed by atoms with van der Waals surface area (Å²) in [4.78, 5) is 17.2. The second-order valence-corrected chi connectivity index (χ2v) is 5.91. The van der Waals surface area contributed by atoms with Crippen molar-refractivity contribution in [1.29, 1.82) is 0 Å². The lowest BCUT2D eigenvalue weighted by Crippen LogP contribution is -2.59. The van der Waals surface area contributed by atoms with E-state index in [4.69, 9.17) is 9.73 Å². The van der Waals surface area contributed by atoms with Gasteiger partial charge in [0, 0.05) is 17.4 Å². The standard InChI is InChI=1S/C17H17NO2/c1-11-13-9-5-6-10-14(13)17(11)16(19)20-15(18-17)12-7-3-2-4-8-12/h2-4,7-9,11,14H,5-6,10H2,1H3/t11?,14-,17+/m0/s1. The first kappa shape index (κ1) is 11.9. The summed E-state index contributed by atoms with van der Waals surface area (Å²) in [7, 11) is 0. The number of hydrogen-bond donors (Lipinski definition) is 0. The molecule has 3 atom stereocenters. The number of carbonyl (C=O) groups is 1. The molecule has 0 N–H and O–H groups in total. The third-order valence-electron chi connectivity index (χ3n) is 4.99. The van der Waals surface area contributed by atoms with Crippen molar-refractivity contribution in [1.82, 2.24) is 0 Å². The summed E-state index contributed by atoms with van der Waals surface area (Å²) in [5.74, 6) is 0.779. The first-order valence-electron chi connectivity index (χ1n) is 7.31. The van der Waals surface area contributed by atoms with E-state index in [1.807, 2.05) is 30.3 Å². The summed E-state index contributed by atoms with van der Waals surface area (Å²) < 4.78 is 5.51. The van der Waals surface area contributed by atoms with E-state index in [1.54, 1.807) is 0 Å². The molecule has 1 fully saturated rings. The number of esters is 1. The highest BCUT2D eigenvalue weighted by Gasteiger charge is 2.65. The maximum absolute atomic E-state index is 12.5. The maximum Gasteiger partial charge on any atom is 0.342 e. The smallest absolute Gasteiger partial charge is 0.342 e. The molecule has 1 aliphatic heterocycles. The number of allylic oxidation sites excluding steroid dienone is 1. The van der Waals surface area contributed by atoms with Gasteiger partial charge in [-0.2, -0.15) is 0 Å². The van der Waals surface area contributed by atoms with Gasteiger partial charge >= 0.3 is 5.97 Å². The topological polar surface area (TPSA) is 38.7 Å². The summed E-state index contributed by atoms with van der Waals surface area (Å²) in [6.07, 6.45) is 5.63. The lowest BCUT2D eigenvalue weighted by atomic mass is 9.53. The second kappa shape index (κ2) is 4.05.